The summed E-state index contributed by atoms with van der Waals surface area (Å²) in [6.07, 6.45) is 2.47. The Morgan fingerprint density at radius 2 is 2.08 bits per heavy atom. The summed E-state index contributed by atoms with van der Waals surface area (Å²) in [7, 11) is 0. The molecule has 2 unspecified atom stereocenters. The molecule has 3 N–H and O–H groups in total. The number of aliphatic carboxylic acids is 1. The van der Waals surface area contributed by atoms with Crippen molar-refractivity contribution in [3.8, 4) is 0 Å². The molecule has 0 spiro atoms. The topological polar surface area (TPSA) is 63.3 Å². The molecule has 2 atom stereocenters. The summed E-state index contributed by atoms with van der Waals surface area (Å²) < 4.78 is 0. The van der Waals surface area contributed by atoms with Crippen molar-refractivity contribution in [2.24, 2.45) is 23.0 Å². The standard InChI is InChI=1S/C9H15NO2/c1-5-2-7(5)9(8(11)12)3-6(10)4-9/h5-7H,2-4,10H2,1H3,(H,11,12). The summed E-state index contributed by atoms with van der Waals surface area (Å²) in [5, 5.41) is 9.07. The molecule has 0 aliphatic heterocycles. The molecular formula is C9H15NO2. The van der Waals surface area contributed by atoms with Crippen LogP contribution in [0, 0.1) is 17.3 Å². The quantitative estimate of drug-likeness (QED) is 0.643. The third-order valence-electron chi connectivity index (χ3n) is 3.50. The van der Waals surface area contributed by atoms with Gasteiger partial charge in [0.1, 0.15) is 0 Å². The molecule has 0 aromatic heterocycles. The normalized spacial score (nSPS) is 51.3. The van der Waals surface area contributed by atoms with E-state index < -0.39 is 11.4 Å². The van der Waals surface area contributed by atoms with Crippen LogP contribution in [0.4, 0.5) is 0 Å². The molecule has 0 aromatic rings. The first kappa shape index (κ1) is 8.05. The van der Waals surface area contributed by atoms with Gasteiger partial charge in [0, 0.05) is 6.04 Å². The molecule has 12 heavy (non-hydrogen) atoms. The van der Waals surface area contributed by atoms with Crippen LogP contribution in [-0.4, -0.2) is 17.1 Å². The smallest absolute Gasteiger partial charge is 0.310 e. The summed E-state index contributed by atoms with van der Waals surface area (Å²) >= 11 is 0. The summed E-state index contributed by atoms with van der Waals surface area (Å²) in [6, 6.07) is 0.133. The number of carbonyl (C=O) groups is 1. The summed E-state index contributed by atoms with van der Waals surface area (Å²) in [4.78, 5) is 11.0. The van der Waals surface area contributed by atoms with E-state index in [0.29, 0.717) is 24.7 Å². The van der Waals surface area contributed by atoms with Crippen molar-refractivity contribution < 1.29 is 9.90 Å². The van der Waals surface area contributed by atoms with Gasteiger partial charge in [-0.25, -0.2) is 0 Å². The van der Waals surface area contributed by atoms with E-state index in [1.807, 2.05) is 0 Å². The van der Waals surface area contributed by atoms with Crippen LogP contribution in [0.5, 0.6) is 0 Å². The van der Waals surface area contributed by atoms with E-state index in [-0.39, 0.29) is 6.04 Å². The van der Waals surface area contributed by atoms with Gasteiger partial charge >= 0.3 is 5.97 Å². The fourth-order valence-electron chi connectivity index (χ4n) is 2.60. The first-order chi connectivity index (χ1) is 5.56. The largest absolute Gasteiger partial charge is 0.481 e. The molecule has 0 radical (unpaired) electrons. The van der Waals surface area contributed by atoms with Gasteiger partial charge in [-0.2, -0.15) is 0 Å². The van der Waals surface area contributed by atoms with E-state index in [2.05, 4.69) is 6.92 Å². The van der Waals surface area contributed by atoms with E-state index >= 15 is 0 Å². The van der Waals surface area contributed by atoms with E-state index in [1.165, 1.54) is 0 Å². The molecule has 2 fully saturated rings. The van der Waals surface area contributed by atoms with Crippen molar-refractivity contribution >= 4 is 5.97 Å². The highest BCUT2D eigenvalue weighted by molar-refractivity contribution is 5.77. The second-order valence-corrected chi connectivity index (χ2v) is 4.45. The van der Waals surface area contributed by atoms with Gasteiger partial charge in [-0.1, -0.05) is 6.92 Å². The lowest BCUT2D eigenvalue weighted by Crippen LogP contribution is -2.52. The van der Waals surface area contributed by atoms with Crippen LogP contribution in [0.1, 0.15) is 26.2 Å². The molecule has 3 nitrogen and oxygen atoms in total. The van der Waals surface area contributed by atoms with Gasteiger partial charge in [0.15, 0.2) is 0 Å². The monoisotopic (exact) mass is 169 g/mol. The lowest BCUT2D eigenvalue weighted by atomic mass is 9.62. The van der Waals surface area contributed by atoms with Crippen LogP contribution in [-0.2, 0) is 4.79 Å². The maximum absolute atomic E-state index is 11.0. The van der Waals surface area contributed by atoms with E-state index in [9.17, 15) is 4.79 Å². The predicted octanol–water partition coefficient (Wildman–Crippen LogP) is 0.834. The third kappa shape index (κ3) is 0.891. The number of carboxylic acids is 1. The highest BCUT2D eigenvalue weighted by Gasteiger charge is 2.60. The minimum Gasteiger partial charge on any atom is -0.481 e. The molecule has 2 aliphatic rings. The second kappa shape index (κ2) is 2.22. The van der Waals surface area contributed by atoms with Crippen molar-refractivity contribution in [2.45, 2.75) is 32.2 Å². The van der Waals surface area contributed by atoms with Gasteiger partial charge in [-0.05, 0) is 31.1 Å². The molecule has 0 saturated heterocycles. The zero-order valence-corrected chi connectivity index (χ0v) is 7.29. The van der Waals surface area contributed by atoms with E-state index in [4.69, 9.17) is 10.8 Å². The van der Waals surface area contributed by atoms with Gasteiger partial charge in [0.05, 0.1) is 5.41 Å². The number of nitrogens with two attached hydrogens (primary N) is 1. The van der Waals surface area contributed by atoms with Crippen LogP contribution in [0.2, 0.25) is 0 Å². The lowest BCUT2D eigenvalue weighted by Gasteiger charge is -2.43. The maximum Gasteiger partial charge on any atom is 0.310 e. The van der Waals surface area contributed by atoms with Crippen LogP contribution in [0.15, 0.2) is 0 Å². The molecule has 0 aromatic carbocycles. The Morgan fingerprint density at radius 1 is 1.58 bits per heavy atom. The van der Waals surface area contributed by atoms with Gasteiger partial charge in [-0.15, -0.1) is 0 Å². The zero-order chi connectivity index (χ0) is 8.93. The summed E-state index contributed by atoms with van der Waals surface area (Å²) in [5.41, 5.74) is 5.21. The average molecular weight is 169 g/mol. The molecule has 2 aliphatic carbocycles. The Bertz CT molecular complexity index is 221. The molecule has 68 valence electrons. The molecule has 2 rings (SSSR count). The molecular weight excluding hydrogens is 154 g/mol. The minimum atomic E-state index is -0.626. The molecule has 2 saturated carbocycles. The van der Waals surface area contributed by atoms with Gasteiger partial charge in [0.2, 0.25) is 0 Å². The zero-order valence-electron chi connectivity index (χ0n) is 7.29. The lowest BCUT2D eigenvalue weighted by molar-refractivity contribution is -0.158. The van der Waals surface area contributed by atoms with Crippen molar-refractivity contribution in [3.63, 3.8) is 0 Å². The third-order valence-corrected chi connectivity index (χ3v) is 3.50. The van der Waals surface area contributed by atoms with Crippen molar-refractivity contribution in [3.05, 3.63) is 0 Å². The Kier molecular flexibility index (Phi) is 1.49. The second-order valence-electron chi connectivity index (χ2n) is 4.45. The Labute approximate surface area is 71.9 Å². The average Bonchev–Trinajstić information content (AvgIpc) is 2.59. The Morgan fingerprint density at radius 3 is 2.33 bits per heavy atom. The minimum absolute atomic E-state index is 0.133. The van der Waals surface area contributed by atoms with Crippen LogP contribution in [0.3, 0.4) is 0 Å². The van der Waals surface area contributed by atoms with Gasteiger partial charge in [-0.3, -0.25) is 4.79 Å². The molecule has 0 amide bonds. The van der Waals surface area contributed by atoms with Crippen LogP contribution >= 0.6 is 0 Å². The number of carboxylic acid groups (broad SMARTS) is 1. The highest BCUT2D eigenvalue weighted by atomic mass is 16.4. The first-order valence-corrected chi connectivity index (χ1v) is 4.55. The maximum atomic E-state index is 11.0. The van der Waals surface area contributed by atoms with E-state index in [0.717, 1.165) is 6.42 Å². The highest BCUT2D eigenvalue weighted by Crippen LogP contribution is 2.59. The van der Waals surface area contributed by atoms with Crippen molar-refractivity contribution in [1.29, 1.82) is 0 Å². The predicted molar refractivity (Wildman–Crippen MR) is 44.5 cm³/mol. The molecule has 0 bridgehead atoms. The van der Waals surface area contributed by atoms with Gasteiger partial charge < -0.3 is 10.8 Å². The van der Waals surface area contributed by atoms with Crippen molar-refractivity contribution in [1.82, 2.24) is 0 Å². The first-order valence-electron chi connectivity index (χ1n) is 4.55. The van der Waals surface area contributed by atoms with Gasteiger partial charge in [0.25, 0.3) is 0 Å². The summed E-state index contributed by atoms with van der Waals surface area (Å²) in [5.74, 6) is 0.391. The summed E-state index contributed by atoms with van der Waals surface area (Å²) in [6.45, 7) is 2.12. The number of hydrogen-bond acceptors (Lipinski definition) is 2. The fourth-order valence-corrected chi connectivity index (χ4v) is 2.60. The molecule has 3 heteroatoms. The van der Waals surface area contributed by atoms with E-state index in [1.54, 1.807) is 0 Å². The Hall–Kier alpha value is -0.570. The van der Waals surface area contributed by atoms with Crippen molar-refractivity contribution in [2.75, 3.05) is 0 Å². The van der Waals surface area contributed by atoms with Crippen LogP contribution < -0.4 is 5.73 Å². The number of hydrogen-bond donors (Lipinski definition) is 2. The fraction of sp³-hybridized carbons (Fsp3) is 0.889. The van der Waals surface area contributed by atoms with Crippen LogP contribution in [0.25, 0.3) is 0 Å². The SMILES string of the molecule is CC1CC1C1(C(=O)O)CC(N)C1. The molecule has 0 heterocycles. The number of rotatable bonds is 2. The Balaban J connectivity index is 2.09.